The van der Waals surface area contributed by atoms with E-state index in [1.807, 2.05) is 45.9 Å². The van der Waals surface area contributed by atoms with Crippen LogP contribution in [0.2, 0.25) is 0 Å². The highest BCUT2D eigenvalue weighted by Crippen LogP contribution is 2.42. The van der Waals surface area contributed by atoms with Crippen molar-refractivity contribution in [2.24, 2.45) is 5.73 Å². The van der Waals surface area contributed by atoms with Crippen molar-refractivity contribution in [2.75, 3.05) is 14.2 Å². The Labute approximate surface area is 121 Å². The van der Waals surface area contributed by atoms with Gasteiger partial charge in [-0.1, -0.05) is 24.6 Å². The number of rotatable bonds is 5. The van der Waals surface area contributed by atoms with Crippen molar-refractivity contribution >= 4 is 5.97 Å². The number of nitrogens with two attached hydrogens (primary N) is 1. The van der Waals surface area contributed by atoms with E-state index in [0.717, 1.165) is 16.9 Å². The van der Waals surface area contributed by atoms with Crippen LogP contribution in [0.5, 0.6) is 5.75 Å². The van der Waals surface area contributed by atoms with E-state index < -0.39 is 11.0 Å². The topological polar surface area (TPSA) is 61.5 Å². The molecule has 0 radical (unpaired) electrons. The van der Waals surface area contributed by atoms with Gasteiger partial charge in [-0.2, -0.15) is 0 Å². The number of hydrogen-bond donors (Lipinski definition) is 1. The van der Waals surface area contributed by atoms with Crippen molar-refractivity contribution in [1.82, 2.24) is 0 Å². The summed E-state index contributed by atoms with van der Waals surface area (Å²) in [6.07, 6.45) is 0.201. The van der Waals surface area contributed by atoms with Crippen LogP contribution in [0, 0.1) is 6.92 Å². The summed E-state index contributed by atoms with van der Waals surface area (Å²) in [6, 6.07) is 5.91. The second-order valence-electron chi connectivity index (χ2n) is 6.01. The molecule has 4 nitrogen and oxygen atoms in total. The Kier molecular flexibility index (Phi) is 4.81. The van der Waals surface area contributed by atoms with E-state index >= 15 is 0 Å². The molecule has 0 heterocycles. The third-order valence-corrected chi connectivity index (χ3v) is 4.10. The van der Waals surface area contributed by atoms with Crippen LogP contribution in [-0.4, -0.2) is 25.7 Å². The molecule has 0 aliphatic carbocycles. The molecule has 0 aliphatic rings. The third kappa shape index (κ3) is 3.12. The average molecular weight is 279 g/mol. The van der Waals surface area contributed by atoms with Gasteiger partial charge in [-0.3, -0.25) is 4.79 Å². The molecule has 4 heteroatoms. The zero-order valence-electron chi connectivity index (χ0n) is 13.2. The molecule has 1 unspecified atom stereocenters. The van der Waals surface area contributed by atoms with Crippen LogP contribution < -0.4 is 10.5 Å². The van der Waals surface area contributed by atoms with Gasteiger partial charge < -0.3 is 15.2 Å². The van der Waals surface area contributed by atoms with Crippen molar-refractivity contribution in [3.8, 4) is 5.75 Å². The lowest BCUT2D eigenvalue weighted by Crippen LogP contribution is -2.53. The van der Waals surface area contributed by atoms with Crippen LogP contribution in [0.15, 0.2) is 18.2 Å². The van der Waals surface area contributed by atoms with Crippen LogP contribution in [0.1, 0.15) is 38.3 Å². The smallest absolute Gasteiger partial charge is 0.306 e. The molecule has 0 saturated carbocycles. The second kappa shape index (κ2) is 5.83. The summed E-state index contributed by atoms with van der Waals surface area (Å²) in [5.74, 6) is 0.454. The summed E-state index contributed by atoms with van der Waals surface area (Å²) in [5.41, 5.74) is 7.19. The fraction of sp³-hybridized carbons (Fsp3) is 0.562. The predicted octanol–water partition coefficient (Wildman–Crippen LogP) is 2.56. The molecule has 1 aromatic rings. The number of methoxy groups -OCH3 is 2. The molecule has 0 saturated heterocycles. The minimum Gasteiger partial charge on any atom is -0.496 e. The molecule has 112 valence electrons. The fourth-order valence-electron chi connectivity index (χ4n) is 2.28. The molecule has 0 aliphatic heterocycles. The molecular weight excluding hydrogens is 254 g/mol. The van der Waals surface area contributed by atoms with Crippen LogP contribution in [-0.2, 0) is 14.9 Å². The third-order valence-electron chi connectivity index (χ3n) is 4.10. The molecule has 20 heavy (non-hydrogen) atoms. The van der Waals surface area contributed by atoms with Crippen molar-refractivity contribution in [3.63, 3.8) is 0 Å². The normalized spacial score (nSPS) is 14.6. The highest BCUT2D eigenvalue weighted by atomic mass is 16.5. The zero-order valence-corrected chi connectivity index (χ0v) is 13.2. The lowest BCUT2D eigenvalue weighted by molar-refractivity contribution is -0.142. The number of ether oxygens (including phenoxy) is 2. The van der Waals surface area contributed by atoms with Crippen LogP contribution in [0.4, 0.5) is 0 Å². The van der Waals surface area contributed by atoms with E-state index in [0.29, 0.717) is 0 Å². The van der Waals surface area contributed by atoms with Gasteiger partial charge in [-0.05, 0) is 26.8 Å². The van der Waals surface area contributed by atoms with Gasteiger partial charge in [0.1, 0.15) is 5.75 Å². The van der Waals surface area contributed by atoms with E-state index in [1.54, 1.807) is 7.11 Å². The fourth-order valence-corrected chi connectivity index (χ4v) is 2.28. The molecule has 0 fully saturated rings. The summed E-state index contributed by atoms with van der Waals surface area (Å²) >= 11 is 0. The molecule has 0 spiro atoms. The van der Waals surface area contributed by atoms with E-state index in [2.05, 4.69) is 0 Å². The Balaban J connectivity index is 3.45. The van der Waals surface area contributed by atoms with Gasteiger partial charge in [0, 0.05) is 16.5 Å². The summed E-state index contributed by atoms with van der Waals surface area (Å²) in [4.78, 5) is 11.8. The Bertz CT molecular complexity index is 491. The first-order valence-electron chi connectivity index (χ1n) is 6.66. The van der Waals surface area contributed by atoms with Gasteiger partial charge in [0.25, 0.3) is 0 Å². The lowest BCUT2D eigenvalue weighted by atomic mass is 9.66. The standard InChI is InChI=1S/C16H25NO3/c1-11-7-8-13(19-5)12(9-11)16(4,15(2,3)17)10-14(18)20-6/h7-9H,10,17H2,1-6H3. The predicted molar refractivity (Wildman–Crippen MR) is 80.0 cm³/mol. The molecule has 1 atom stereocenters. The Hall–Kier alpha value is -1.55. The van der Waals surface area contributed by atoms with E-state index in [9.17, 15) is 4.79 Å². The number of carbonyl (C=O) groups excluding carboxylic acids is 1. The van der Waals surface area contributed by atoms with Crippen LogP contribution >= 0.6 is 0 Å². The zero-order chi connectivity index (χ0) is 15.6. The van der Waals surface area contributed by atoms with Crippen molar-refractivity contribution in [3.05, 3.63) is 29.3 Å². The first-order chi connectivity index (χ1) is 9.15. The molecule has 1 aromatic carbocycles. The van der Waals surface area contributed by atoms with Gasteiger partial charge in [-0.25, -0.2) is 0 Å². The Morgan fingerprint density at radius 3 is 2.30 bits per heavy atom. The van der Waals surface area contributed by atoms with Gasteiger partial charge in [0.05, 0.1) is 20.6 Å². The van der Waals surface area contributed by atoms with Crippen LogP contribution in [0.3, 0.4) is 0 Å². The first kappa shape index (κ1) is 16.5. The molecule has 0 amide bonds. The minimum atomic E-state index is -0.609. The summed E-state index contributed by atoms with van der Waals surface area (Å²) in [7, 11) is 3.01. The lowest BCUT2D eigenvalue weighted by Gasteiger charge is -2.42. The van der Waals surface area contributed by atoms with Gasteiger partial charge >= 0.3 is 5.97 Å². The monoisotopic (exact) mass is 279 g/mol. The van der Waals surface area contributed by atoms with Gasteiger partial charge in [-0.15, -0.1) is 0 Å². The molecule has 1 rings (SSSR count). The van der Waals surface area contributed by atoms with Gasteiger partial charge in [0.15, 0.2) is 0 Å². The number of esters is 1. The maximum atomic E-state index is 11.8. The Morgan fingerprint density at radius 2 is 1.85 bits per heavy atom. The maximum absolute atomic E-state index is 11.8. The van der Waals surface area contributed by atoms with Crippen molar-refractivity contribution < 1.29 is 14.3 Å². The SMILES string of the molecule is COC(=O)CC(C)(c1cc(C)ccc1OC)C(C)(C)N. The first-order valence-corrected chi connectivity index (χ1v) is 6.66. The summed E-state index contributed by atoms with van der Waals surface area (Å²) in [6.45, 7) is 7.81. The quantitative estimate of drug-likeness (QED) is 0.841. The number of aryl methyl sites for hydroxylation is 1. The highest BCUT2D eigenvalue weighted by Gasteiger charge is 2.43. The van der Waals surface area contributed by atoms with Gasteiger partial charge in [0.2, 0.25) is 0 Å². The largest absolute Gasteiger partial charge is 0.496 e. The maximum Gasteiger partial charge on any atom is 0.306 e. The number of hydrogen-bond acceptors (Lipinski definition) is 4. The summed E-state index contributed by atoms with van der Waals surface area (Å²) < 4.78 is 10.3. The number of benzene rings is 1. The van der Waals surface area contributed by atoms with E-state index in [1.165, 1.54) is 7.11 Å². The molecule has 0 bridgehead atoms. The van der Waals surface area contributed by atoms with E-state index in [-0.39, 0.29) is 12.4 Å². The molecular formula is C16H25NO3. The highest BCUT2D eigenvalue weighted by molar-refractivity contribution is 5.72. The van der Waals surface area contributed by atoms with Crippen molar-refractivity contribution in [1.29, 1.82) is 0 Å². The summed E-state index contributed by atoms with van der Waals surface area (Å²) in [5, 5.41) is 0. The molecule has 0 aromatic heterocycles. The van der Waals surface area contributed by atoms with Crippen LogP contribution in [0.25, 0.3) is 0 Å². The Morgan fingerprint density at radius 1 is 1.25 bits per heavy atom. The number of carbonyl (C=O) groups is 1. The average Bonchev–Trinajstić information content (AvgIpc) is 2.37. The van der Waals surface area contributed by atoms with Crippen molar-refractivity contribution in [2.45, 2.75) is 45.1 Å². The second-order valence-corrected chi connectivity index (χ2v) is 6.01. The van der Waals surface area contributed by atoms with E-state index in [4.69, 9.17) is 15.2 Å². The minimum absolute atomic E-state index is 0.201. The molecule has 2 N–H and O–H groups in total.